The molecule has 0 aromatic heterocycles. The molecule has 1 atom stereocenters. The third kappa shape index (κ3) is 7.04. The van der Waals surface area contributed by atoms with Crippen molar-refractivity contribution in [3.63, 3.8) is 0 Å². The van der Waals surface area contributed by atoms with Gasteiger partial charge in [-0.3, -0.25) is 9.59 Å². The van der Waals surface area contributed by atoms with Crippen LogP contribution in [-0.2, 0) is 14.3 Å². The molecule has 0 saturated heterocycles. The lowest BCUT2D eigenvalue weighted by Crippen LogP contribution is -2.49. The molecule has 1 saturated carbocycles. The van der Waals surface area contributed by atoms with Crippen molar-refractivity contribution in [2.75, 3.05) is 13.1 Å². The minimum Gasteiger partial charge on any atom is -0.444 e. The van der Waals surface area contributed by atoms with Crippen molar-refractivity contribution < 1.29 is 19.1 Å². The molecule has 7 heteroatoms. The monoisotopic (exact) mass is 417 g/mol. The molecule has 1 aliphatic carbocycles. The summed E-state index contributed by atoms with van der Waals surface area (Å²) in [5.74, 6) is -0.475. The number of alkyl carbamates (subject to hydrolysis) is 1. The average molecular weight is 418 g/mol. The zero-order valence-corrected chi connectivity index (χ0v) is 18.8. The molecule has 7 nitrogen and oxygen atoms in total. The summed E-state index contributed by atoms with van der Waals surface area (Å²) in [6.07, 6.45) is 2.90. The van der Waals surface area contributed by atoms with Gasteiger partial charge in [0.25, 0.3) is 0 Å². The fraction of sp³-hybridized carbons (Fsp3) is 0.609. The van der Waals surface area contributed by atoms with Crippen molar-refractivity contribution in [1.82, 2.24) is 15.5 Å². The number of unbranched alkanes of at least 4 members (excludes halogenated alkanes) is 1. The molecular weight excluding hydrogens is 382 g/mol. The molecule has 0 heterocycles. The smallest absolute Gasteiger partial charge is 0.408 e. The average Bonchev–Trinajstić information content (AvgIpc) is 3.48. The quantitative estimate of drug-likeness (QED) is 0.602. The van der Waals surface area contributed by atoms with Crippen molar-refractivity contribution in [2.24, 2.45) is 0 Å². The number of hydrogen-bond acceptors (Lipinski definition) is 4. The molecule has 1 unspecified atom stereocenters. The van der Waals surface area contributed by atoms with Crippen LogP contribution in [0.5, 0.6) is 0 Å². The number of hydrogen-bond donors (Lipinski definition) is 2. The van der Waals surface area contributed by atoms with Gasteiger partial charge in [0.2, 0.25) is 11.8 Å². The summed E-state index contributed by atoms with van der Waals surface area (Å²) in [6, 6.07) is 6.91. The molecule has 1 aliphatic rings. The molecule has 0 radical (unpaired) electrons. The number of carbonyl (C=O) groups is 3. The Labute approximate surface area is 179 Å². The minimum absolute atomic E-state index is 0.000493. The molecule has 0 aliphatic heterocycles. The van der Waals surface area contributed by atoms with Crippen molar-refractivity contribution in [1.29, 1.82) is 0 Å². The van der Waals surface area contributed by atoms with Gasteiger partial charge in [-0.15, -0.1) is 0 Å². The Kier molecular flexibility index (Phi) is 8.26. The van der Waals surface area contributed by atoms with Gasteiger partial charge in [-0.2, -0.15) is 0 Å². The molecule has 166 valence electrons. The van der Waals surface area contributed by atoms with E-state index in [0.29, 0.717) is 6.54 Å². The third-order valence-electron chi connectivity index (χ3n) is 4.85. The van der Waals surface area contributed by atoms with Crippen LogP contribution in [0.1, 0.15) is 70.5 Å². The van der Waals surface area contributed by atoms with E-state index in [4.69, 9.17) is 4.74 Å². The molecule has 1 fully saturated rings. The maximum atomic E-state index is 13.2. The second-order valence-corrected chi connectivity index (χ2v) is 8.79. The first-order chi connectivity index (χ1) is 14.1. The second kappa shape index (κ2) is 10.5. The summed E-state index contributed by atoms with van der Waals surface area (Å²) in [6.45, 7) is 9.65. The van der Waals surface area contributed by atoms with Crippen LogP contribution >= 0.6 is 0 Å². The number of nitrogens with one attached hydrogen (secondary N) is 2. The van der Waals surface area contributed by atoms with E-state index in [1.54, 1.807) is 25.7 Å². The molecular formula is C23H35N3O4. The Morgan fingerprint density at radius 2 is 1.83 bits per heavy atom. The van der Waals surface area contributed by atoms with Crippen LogP contribution in [0, 0.1) is 6.92 Å². The highest BCUT2D eigenvalue weighted by atomic mass is 16.6. The normalized spacial score (nSPS) is 14.6. The van der Waals surface area contributed by atoms with Crippen molar-refractivity contribution in [3.8, 4) is 0 Å². The maximum Gasteiger partial charge on any atom is 0.408 e. The van der Waals surface area contributed by atoms with Gasteiger partial charge >= 0.3 is 6.09 Å². The third-order valence-corrected chi connectivity index (χ3v) is 4.85. The van der Waals surface area contributed by atoms with E-state index in [1.165, 1.54) is 0 Å². The Morgan fingerprint density at radius 1 is 1.17 bits per heavy atom. The van der Waals surface area contributed by atoms with Crippen LogP contribution in [0.4, 0.5) is 4.79 Å². The van der Waals surface area contributed by atoms with Crippen LogP contribution in [0.3, 0.4) is 0 Å². The molecule has 2 N–H and O–H groups in total. The first kappa shape index (κ1) is 23.7. The number of nitrogens with zero attached hydrogens (tertiary/aromatic N) is 1. The Bertz CT molecular complexity index is 753. The van der Waals surface area contributed by atoms with Crippen LogP contribution in [0.2, 0.25) is 0 Å². The Balaban J connectivity index is 2.21. The lowest BCUT2D eigenvalue weighted by Gasteiger charge is -2.32. The molecule has 1 aromatic carbocycles. The summed E-state index contributed by atoms with van der Waals surface area (Å²) in [5, 5.41) is 5.51. The predicted molar refractivity (Wildman–Crippen MR) is 116 cm³/mol. The van der Waals surface area contributed by atoms with Crippen molar-refractivity contribution >= 4 is 17.9 Å². The van der Waals surface area contributed by atoms with Crippen LogP contribution in [0.15, 0.2) is 24.3 Å². The largest absolute Gasteiger partial charge is 0.444 e. The fourth-order valence-electron chi connectivity index (χ4n) is 3.26. The lowest BCUT2D eigenvalue weighted by atomic mass is 9.98. The van der Waals surface area contributed by atoms with Gasteiger partial charge in [0.1, 0.15) is 18.2 Å². The van der Waals surface area contributed by atoms with Crippen molar-refractivity contribution in [2.45, 2.75) is 78.0 Å². The topological polar surface area (TPSA) is 87.7 Å². The van der Waals surface area contributed by atoms with Gasteiger partial charge in [-0.25, -0.2) is 4.79 Å². The maximum absolute atomic E-state index is 13.2. The van der Waals surface area contributed by atoms with Crippen molar-refractivity contribution in [3.05, 3.63) is 35.4 Å². The summed E-state index contributed by atoms with van der Waals surface area (Å²) in [7, 11) is 0. The summed E-state index contributed by atoms with van der Waals surface area (Å²) in [4.78, 5) is 39.9. The molecule has 1 aromatic rings. The minimum atomic E-state index is -0.719. The van der Waals surface area contributed by atoms with Crippen LogP contribution < -0.4 is 10.6 Å². The molecule has 2 rings (SSSR count). The van der Waals surface area contributed by atoms with Gasteiger partial charge in [0.15, 0.2) is 0 Å². The van der Waals surface area contributed by atoms with E-state index in [-0.39, 0.29) is 24.4 Å². The van der Waals surface area contributed by atoms with E-state index < -0.39 is 17.7 Å². The first-order valence-electron chi connectivity index (χ1n) is 10.7. The summed E-state index contributed by atoms with van der Waals surface area (Å²) < 4.78 is 5.22. The van der Waals surface area contributed by atoms with E-state index in [2.05, 4.69) is 17.6 Å². The van der Waals surface area contributed by atoms with Crippen LogP contribution in [0.25, 0.3) is 0 Å². The lowest BCUT2D eigenvalue weighted by molar-refractivity contribution is -0.140. The summed E-state index contributed by atoms with van der Waals surface area (Å²) in [5.41, 5.74) is 1.11. The van der Waals surface area contributed by atoms with Gasteiger partial charge in [-0.1, -0.05) is 37.6 Å². The molecule has 0 spiro atoms. The number of carbonyl (C=O) groups excluding carboxylic acids is 3. The van der Waals surface area contributed by atoms with Gasteiger partial charge in [0, 0.05) is 12.6 Å². The standard InChI is InChI=1S/C23H35N3O4/c1-6-7-14-24-21(28)20(18-11-9-8-10-16(18)2)26(17-12-13-17)19(27)15-25-22(29)30-23(3,4)5/h8-11,17,20H,6-7,12-15H2,1-5H3,(H,24,28)(H,25,29). The molecule has 0 bridgehead atoms. The predicted octanol–water partition coefficient (Wildman–Crippen LogP) is 3.47. The number of rotatable bonds is 9. The molecule has 3 amide bonds. The zero-order valence-electron chi connectivity index (χ0n) is 18.8. The van der Waals surface area contributed by atoms with E-state index >= 15 is 0 Å². The number of ether oxygens (including phenoxy) is 1. The Morgan fingerprint density at radius 3 is 2.40 bits per heavy atom. The second-order valence-electron chi connectivity index (χ2n) is 8.79. The number of amides is 3. The Hall–Kier alpha value is -2.57. The SMILES string of the molecule is CCCCNC(=O)C(c1ccccc1C)N(C(=O)CNC(=O)OC(C)(C)C)C1CC1. The first-order valence-corrected chi connectivity index (χ1v) is 10.7. The van der Waals surface area contributed by atoms with Crippen LogP contribution in [-0.4, -0.2) is 47.5 Å². The van der Waals surface area contributed by atoms with E-state index in [9.17, 15) is 14.4 Å². The van der Waals surface area contributed by atoms with Gasteiger partial charge in [-0.05, 0) is 58.1 Å². The van der Waals surface area contributed by atoms with Gasteiger partial charge in [0.05, 0.1) is 0 Å². The number of benzene rings is 1. The van der Waals surface area contributed by atoms with E-state index in [0.717, 1.165) is 36.8 Å². The molecule has 30 heavy (non-hydrogen) atoms. The summed E-state index contributed by atoms with van der Waals surface area (Å²) >= 11 is 0. The highest BCUT2D eigenvalue weighted by molar-refractivity contribution is 5.91. The fourth-order valence-corrected chi connectivity index (χ4v) is 3.26. The zero-order chi connectivity index (χ0) is 22.3. The van der Waals surface area contributed by atoms with E-state index in [1.807, 2.05) is 31.2 Å². The number of aryl methyl sites for hydroxylation is 1. The van der Waals surface area contributed by atoms with Gasteiger partial charge < -0.3 is 20.3 Å². The highest BCUT2D eigenvalue weighted by Crippen LogP contribution is 2.35. The highest BCUT2D eigenvalue weighted by Gasteiger charge is 2.41.